The molecule has 0 spiro atoms. The molecule has 1 aromatic carbocycles. The Morgan fingerprint density at radius 3 is 2.62 bits per heavy atom. The second-order valence-electron chi connectivity index (χ2n) is 4.75. The van der Waals surface area contributed by atoms with Gasteiger partial charge in [-0.2, -0.15) is 0 Å². The summed E-state index contributed by atoms with van der Waals surface area (Å²) in [5, 5.41) is 15.4. The molecule has 2 rings (SSSR count). The van der Waals surface area contributed by atoms with Crippen LogP contribution in [-0.4, -0.2) is 28.2 Å². The number of amides is 1. The topological polar surface area (TPSA) is 92.4 Å². The summed E-state index contributed by atoms with van der Waals surface area (Å²) >= 11 is 0. The number of hydrogen-bond donors (Lipinski definition) is 2. The van der Waals surface area contributed by atoms with Gasteiger partial charge in [-0.3, -0.25) is 4.79 Å². The Bertz CT molecular complexity index is 622. The van der Waals surface area contributed by atoms with Crippen LogP contribution < -0.4 is 5.32 Å². The Balaban J connectivity index is 1.96. The number of nitrogens with zero attached hydrogens (tertiary/aromatic N) is 1. The van der Waals surface area contributed by atoms with Gasteiger partial charge in [0.05, 0.1) is 12.1 Å². The van der Waals surface area contributed by atoms with Crippen molar-refractivity contribution in [3.63, 3.8) is 0 Å². The molecule has 1 amide bonds. The molecule has 21 heavy (non-hydrogen) atoms. The monoisotopic (exact) mass is 288 g/mol. The van der Waals surface area contributed by atoms with Crippen LogP contribution in [0.15, 0.2) is 40.9 Å². The van der Waals surface area contributed by atoms with Crippen LogP contribution in [0.3, 0.4) is 0 Å². The number of carbonyl (C=O) groups is 2. The molecule has 0 aliphatic heterocycles. The van der Waals surface area contributed by atoms with E-state index in [0.29, 0.717) is 11.5 Å². The normalized spacial score (nSPS) is 11.9. The van der Waals surface area contributed by atoms with Crippen molar-refractivity contribution in [1.82, 2.24) is 10.5 Å². The van der Waals surface area contributed by atoms with Crippen LogP contribution in [-0.2, 0) is 22.4 Å². The summed E-state index contributed by atoms with van der Waals surface area (Å²) in [6.45, 7) is 1.73. The molecule has 1 aromatic heterocycles. The maximum Gasteiger partial charge on any atom is 0.326 e. The molecule has 0 bridgehead atoms. The number of carbonyl (C=O) groups excluding carboxylic acids is 1. The lowest BCUT2D eigenvalue weighted by Crippen LogP contribution is -2.43. The van der Waals surface area contributed by atoms with Gasteiger partial charge in [-0.05, 0) is 12.5 Å². The number of aromatic nitrogens is 1. The minimum Gasteiger partial charge on any atom is -0.480 e. The quantitative estimate of drug-likeness (QED) is 0.836. The third-order valence-corrected chi connectivity index (χ3v) is 2.93. The van der Waals surface area contributed by atoms with Crippen molar-refractivity contribution in [2.75, 3.05) is 0 Å². The SMILES string of the molecule is Cc1cc(CC(=O)N[C@H](Cc2ccccc2)C(=O)O)no1. The third kappa shape index (κ3) is 4.45. The van der Waals surface area contributed by atoms with E-state index < -0.39 is 17.9 Å². The number of benzene rings is 1. The molecular weight excluding hydrogens is 272 g/mol. The predicted molar refractivity (Wildman–Crippen MR) is 74.7 cm³/mol. The lowest BCUT2D eigenvalue weighted by molar-refractivity contribution is -0.141. The maximum absolute atomic E-state index is 11.9. The summed E-state index contributed by atoms with van der Waals surface area (Å²) in [7, 11) is 0. The van der Waals surface area contributed by atoms with Crippen LogP contribution in [0.2, 0.25) is 0 Å². The number of hydrogen-bond acceptors (Lipinski definition) is 4. The fourth-order valence-corrected chi connectivity index (χ4v) is 1.96. The lowest BCUT2D eigenvalue weighted by atomic mass is 10.1. The van der Waals surface area contributed by atoms with Crippen LogP contribution in [0.4, 0.5) is 0 Å². The summed E-state index contributed by atoms with van der Waals surface area (Å²) < 4.78 is 4.87. The molecule has 0 aliphatic rings. The summed E-state index contributed by atoms with van der Waals surface area (Å²) in [6, 6.07) is 9.83. The molecule has 6 heteroatoms. The zero-order chi connectivity index (χ0) is 15.2. The Labute approximate surface area is 121 Å². The number of carboxylic acid groups (broad SMARTS) is 1. The first kappa shape index (κ1) is 14.8. The first-order chi connectivity index (χ1) is 10.0. The van der Waals surface area contributed by atoms with Crippen molar-refractivity contribution in [2.45, 2.75) is 25.8 Å². The highest BCUT2D eigenvalue weighted by atomic mass is 16.5. The van der Waals surface area contributed by atoms with E-state index in [-0.39, 0.29) is 12.8 Å². The number of rotatable bonds is 6. The van der Waals surface area contributed by atoms with E-state index >= 15 is 0 Å². The Kier molecular flexibility index (Phi) is 4.71. The highest BCUT2D eigenvalue weighted by molar-refractivity contribution is 5.84. The standard InChI is InChI=1S/C15H16N2O4/c1-10-7-12(17-21-10)9-14(18)16-13(15(19)20)8-11-5-3-2-4-6-11/h2-7,13H,8-9H2,1H3,(H,16,18)(H,19,20)/t13-/m1/s1. The molecule has 6 nitrogen and oxygen atoms in total. The number of carboxylic acids is 1. The lowest BCUT2D eigenvalue weighted by Gasteiger charge is -2.14. The highest BCUT2D eigenvalue weighted by Gasteiger charge is 2.21. The molecular formula is C15H16N2O4. The second-order valence-corrected chi connectivity index (χ2v) is 4.75. The van der Waals surface area contributed by atoms with Gasteiger partial charge in [-0.1, -0.05) is 35.5 Å². The Morgan fingerprint density at radius 2 is 2.05 bits per heavy atom. The molecule has 0 saturated carbocycles. The first-order valence-corrected chi connectivity index (χ1v) is 6.53. The van der Waals surface area contributed by atoms with Crippen LogP contribution >= 0.6 is 0 Å². The van der Waals surface area contributed by atoms with Gasteiger partial charge in [0, 0.05) is 12.5 Å². The highest BCUT2D eigenvalue weighted by Crippen LogP contribution is 2.05. The molecule has 110 valence electrons. The van der Waals surface area contributed by atoms with Gasteiger partial charge < -0.3 is 14.9 Å². The van der Waals surface area contributed by atoms with Gasteiger partial charge in [0.25, 0.3) is 0 Å². The fourth-order valence-electron chi connectivity index (χ4n) is 1.96. The second kappa shape index (κ2) is 6.69. The van der Waals surface area contributed by atoms with Crippen LogP contribution in [0.5, 0.6) is 0 Å². The van der Waals surface area contributed by atoms with Crippen molar-refractivity contribution in [3.05, 3.63) is 53.4 Å². The van der Waals surface area contributed by atoms with Crippen molar-refractivity contribution >= 4 is 11.9 Å². The van der Waals surface area contributed by atoms with Gasteiger partial charge in [0.1, 0.15) is 11.8 Å². The molecule has 1 atom stereocenters. The zero-order valence-corrected chi connectivity index (χ0v) is 11.6. The molecule has 2 aromatic rings. The van der Waals surface area contributed by atoms with E-state index in [0.717, 1.165) is 5.56 Å². The average Bonchev–Trinajstić information content (AvgIpc) is 2.84. The maximum atomic E-state index is 11.9. The van der Waals surface area contributed by atoms with E-state index in [1.807, 2.05) is 30.3 Å². The van der Waals surface area contributed by atoms with Gasteiger partial charge >= 0.3 is 5.97 Å². The Morgan fingerprint density at radius 1 is 1.33 bits per heavy atom. The number of aryl methyl sites for hydroxylation is 1. The van der Waals surface area contributed by atoms with E-state index in [1.54, 1.807) is 13.0 Å². The number of aliphatic carboxylic acids is 1. The van der Waals surface area contributed by atoms with Crippen LogP contribution in [0, 0.1) is 6.92 Å². The van der Waals surface area contributed by atoms with Crippen LogP contribution in [0.1, 0.15) is 17.0 Å². The molecule has 0 unspecified atom stereocenters. The van der Waals surface area contributed by atoms with Gasteiger partial charge in [-0.15, -0.1) is 0 Å². The molecule has 0 saturated heterocycles. The predicted octanol–water partition coefficient (Wildman–Crippen LogP) is 1.34. The van der Waals surface area contributed by atoms with Crippen molar-refractivity contribution < 1.29 is 19.2 Å². The average molecular weight is 288 g/mol. The van der Waals surface area contributed by atoms with E-state index in [1.165, 1.54) is 0 Å². The van der Waals surface area contributed by atoms with Gasteiger partial charge in [-0.25, -0.2) is 4.79 Å². The van der Waals surface area contributed by atoms with Crippen molar-refractivity contribution in [3.8, 4) is 0 Å². The smallest absolute Gasteiger partial charge is 0.326 e. The van der Waals surface area contributed by atoms with Gasteiger partial charge in [0.2, 0.25) is 5.91 Å². The fraction of sp³-hybridized carbons (Fsp3) is 0.267. The summed E-state index contributed by atoms with van der Waals surface area (Å²) in [4.78, 5) is 23.1. The van der Waals surface area contributed by atoms with E-state index in [2.05, 4.69) is 10.5 Å². The van der Waals surface area contributed by atoms with Crippen molar-refractivity contribution in [1.29, 1.82) is 0 Å². The molecule has 0 fully saturated rings. The first-order valence-electron chi connectivity index (χ1n) is 6.53. The minimum absolute atomic E-state index is 0.00406. The molecule has 0 radical (unpaired) electrons. The number of nitrogens with one attached hydrogen (secondary N) is 1. The third-order valence-electron chi connectivity index (χ3n) is 2.93. The summed E-state index contributed by atoms with van der Waals surface area (Å²) in [5.41, 5.74) is 1.33. The minimum atomic E-state index is -1.07. The summed E-state index contributed by atoms with van der Waals surface area (Å²) in [5.74, 6) is -0.855. The van der Waals surface area contributed by atoms with Gasteiger partial charge in [0.15, 0.2) is 0 Å². The molecule has 0 aliphatic carbocycles. The summed E-state index contributed by atoms with van der Waals surface area (Å²) in [6.07, 6.45) is 0.232. The van der Waals surface area contributed by atoms with Crippen molar-refractivity contribution in [2.24, 2.45) is 0 Å². The van der Waals surface area contributed by atoms with E-state index in [4.69, 9.17) is 4.52 Å². The Hall–Kier alpha value is -2.63. The van der Waals surface area contributed by atoms with E-state index in [9.17, 15) is 14.7 Å². The molecule has 2 N–H and O–H groups in total. The zero-order valence-electron chi connectivity index (χ0n) is 11.6. The largest absolute Gasteiger partial charge is 0.480 e. The van der Waals surface area contributed by atoms with Crippen LogP contribution in [0.25, 0.3) is 0 Å². The molecule has 1 heterocycles.